The number of Topliss-reactive ketones (excluding diaryl/α,β-unsaturated/α-hetero) is 1. The van der Waals surface area contributed by atoms with Crippen LogP contribution in [-0.2, 0) is 0 Å². The fourth-order valence-corrected chi connectivity index (χ4v) is 1.89. The van der Waals surface area contributed by atoms with Gasteiger partial charge in [-0.15, -0.1) is 0 Å². The van der Waals surface area contributed by atoms with Crippen LogP contribution in [0, 0.1) is 0 Å². The number of benzene rings is 1. The number of fused-ring (bicyclic) bond motifs is 1. The van der Waals surface area contributed by atoms with Crippen LogP contribution in [0.1, 0.15) is 36.1 Å². The molecule has 0 aliphatic rings. The van der Waals surface area contributed by atoms with Gasteiger partial charge in [0.15, 0.2) is 11.4 Å². The van der Waals surface area contributed by atoms with Crippen LogP contribution in [0.5, 0.6) is 0 Å². The molecule has 0 aliphatic carbocycles. The van der Waals surface area contributed by atoms with Crippen molar-refractivity contribution in [1.82, 2.24) is 4.57 Å². The van der Waals surface area contributed by atoms with E-state index in [1.54, 1.807) is 18.2 Å². The largest absolute Gasteiger partial charge is 0.421 e. The second kappa shape index (κ2) is 4.37. The average Bonchev–Trinajstić information content (AvgIpc) is 2.62. The molecule has 17 heavy (non-hydrogen) atoms. The topological polar surface area (TPSA) is 52.2 Å². The molecule has 0 aliphatic heterocycles. The molecule has 5 heteroatoms. The molecule has 1 heterocycles. The van der Waals surface area contributed by atoms with E-state index < -0.39 is 11.3 Å². The number of carbonyl (C=O) groups is 1. The number of aromatic nitrogens is 1. The van der Waals surface area contributed by atoms with Gasteiger partial charge >= 0.3 is 5.76 Å². The lowest BCUT2D eigenvalue weighted by Crippen LogP contribution is -2.16. The first-order valence-corrected chi connectivity index (χ1v) is 5.78. The van der Waals surface area contributed by atoms with E-state index in [1.165, 1.54) is 11.5 Å². The Morgan fingerprint density at radius 3 is 2.82 bits per heavy atom. The van der Waals surface area contributed by atoms with Crippen LogP contribution >= 0.6 is 11.6 Å². The molecule has 1 aromatic heterocycles. The molecular weight excluding hydrogens is 242 g/mol. The van der Waals surface area contributed by atoms with E-state index in [1.807, 2.05) is 6.92 Å². The normalized spacial score (nSPS) is 12.9. The lowest BCUT2D eigenvalue weighted by Gasteiger charge is -2.06. The highest BCUT2D eigenvalue weighted by atomic mass is 35.5. The van der Waals surface area contributed by atoms with Gasteiger partial charge in [0.1, 0.15) is 5.50 Å². The Balaban J connectivity index is 2.69. The first kappa shape index (κ1) is 11.9. The van der Waals surface area contributed by atoms with Gasteiger partial charge in [-0.1, -0.05) is 18.5 Å². The van der Waals surface area contributed by atoms with Crippen LogP contribution < -0.4 is 5.76 Å². The van der Waals surface area contributed by atoms with Crippen molar-refractivity contribution in [3.8, 4) is 0 Å². The summed E-state index contributed by atoms with van der Waals surface area (Å²) in [5, 5.41) is 0. The Bertz CT molecular complexity index is 626. The molecule has 1 unspecified atom stereocenters. The zero-order chi connectivity index (χ0) is 12.6. The van der Waals surface area contributed by atoms with Crippen molar-refractivity contribution >= 4 is 28.5 Å². The van der Waals surface area contributed by atoms with Crippen molar-refractivity contribution in [2.24, 2.45) is 0 Å². The summed E-state index contributed by atoms with van der Waals surface area (Å²) in [6, 6.07) is 4.91. The highest BCUT2D eigenvalue weighted by molar-refractivity contribution is 6.19. The zero-order valence-corrected chi connectivity index (χ0v) is 10.3. The smallest absolute Gasteiger partial charge is 0.408 e. The van der Waals surface area contributed by atoms with Gasteiger partial charge in [-0.2, -0.15) is 0 Å². The van der Waals surface area contributed by atoms with Gasteiger partial charge in [0.25, 0.3) is 0 Å². The number of alkyl halides is 1. The number of rotatable bonds is 3. The molecule has 0 radical (unpaired) electrons. The summed E-state index contributed by atoms with van der Waals surface area (Å²) in [7, 11) is 0. The van der Waals surface area contributed by atoms with E-state index in [-0.39, 0.29) is 5.78 Å². The van der Waals surface area contributed by atoms with Gasteiger partial charge in [-0.05, 0) is 31.5 Å². The van der Waals surface area contributed by atoms with E-state index in [4.69, 9.17) is 16.0 Å². The maximum Gasteiger partial charge on any atom is 0.421 e. The van der Waals surface area contributed by atoms with Crippen LogP contribution in [-0.4, -0.2) is 10.4 Å². The summed E-state index contributed by atoms with van der Waals surface area (Å²) in [4.78, 5) is 22.9. The van der Waals surface area contributed by atoms with Crippen molar-refractivity contribution in [3.63, 3.8) is 0 Å². The van der Waals surface area contributed by atoms with Crippen molar-refractivity contribution in [2.75, 3.05) is 0 Å². The van der Waals surface area contributed by atoms with Crippen LogP contribution in [0.4, 0.5) is 0 Å². The van der Waals surface area contributed by atoms with Gasteiger partial charge in [-0.25, -0.2) is 4.79 Å². The summed E-state index contributed by atoms with van der Waals surface area (Å²) < 4.78 is 6.47. The molecule has 1 atom stereocenters. The highest BCUT2D eigenvalue weighted by Gasteiger charge is 2.15. The fraction of sp³-hybridized carbons (Fsp3) is 0.333. The van der Waals surface area contributed by atoms with Crippen molar-refractivity contribution < 1.29 is 9.21 Å². The monoisotopic (exact) mass is 253 g/mol. The van der Waals surface area contributed by atoms with Gasteiger partial charge in [0.05, 0.1) is 5.52 Å². The third-order valence-corrected chi connectivity index (χ3v) is 3.14. The Labute approximate surface area is 103 Å². The van der Waals surface area contributed by atoms with E-state index >= 15 is 0 Å². The van der Waals surface area contributed by atoms with Gasteiger partial charge in [0, 0.05) is 5.56 Å². The number of ketones is 1. The van der Waals surface area contributed by atoms with E-state index in [0.29, 0.717) is 23.1 Å². The summed E-state index contributed by atoms with van der Waals surface area (Å²) in [5.41, 5.74) is 1.08. The van der Waals surface area contributed by atoms with Gasteiger partial charge < -0.3 is 4.42 Å². The van der Waals surface area contributed by atoms with Gasteiger partial charge in [0.2, 0.25) is 0 Å². The quantitative estimate of drug-likeness (QED) is 0.624. The highest BCUT2D eigenvalue weighted by Crippen LogP contribution is 2.22. The number of halogens is 1. The van der Waals surface area contributed by atoms with Crippen LogP contribution in [0.15, 0.2) is 27.4 Å². The molecule has 1 aromatic carbocycles. The van der Waals surface area contributed by atoms with Crippen LogP contribution in [0.25, 0.3) is 11.1 Å². The predicted molar refractivity (Wildman–Crippen MR) is 65.7 cm³/mol. The fourth-order valence-electron chi connectivity index (χ4n) is 1.70. The SMILES string of the molecule is CCC(Cl)n1c(=O)oc2cc(C(C)=O)ccc21. The minimum Gasteiger partial charge on any atom is -0.408 e. The molecule has 90 valence electrons. The second-order valence-electron chi connectivity index (χ2n) is 3.82. The van der Waals surface area contributed by atoms with Gasteiger partial charge in [-0.3, -0.25) is 9.36 Å². The number of nitrogens with zero attached hydrogens (tertiary/aromatic N) is 1. The second-order valence-corrected chi connectivity index (χ2v) is 4.32. The Kier molecular flexibility index (Phi) is 3.07. The van der Waals surface area contributed by atoms with Crippen molar-refractivity contribution in [3.05, 3.63) is 34.3 Å². The minimum absolute atomic E-state index is 0.0692. The molecular formula is C12H12ClNO3. The first-order chi connectivity index (χ1) is 8.04. The molecule has 2 aromatic rings. The average molecular weight is 254 g/mol. The summed E-state index contributed by atoms with van der Waals surface area (Å²) >= 11 is 6.05. The molecule has 0 fully saturated rings. The third kappa shape index (κ3) is 2.00. The van der Waals surface area contributed by atoms with Crippen LogP contribution in [0.2, 0.25) is 0 Å². The Hall–Kier alpha value is -1.55. The molecule has 4 nitrogen and oxygen atoms in total. The number of hydrogen-bond acceptors (Lipinski definition) is 3. The molecule has 0 saturated heterocycles. The van der Waals surface area contributed by atoms with Crippen LogP contribution in [0.3, 0.4) is 0 Å². The molecule has 0 amide bonds. The Morgan fingerprint density at radius 2 is 2.24 bits per heavy atom. The molecule has 0 spiro atoms. The summed E-state index contributed by atoms with van der Waals surface area (Å²) in [5.74, 6) is -0.567. The molecule has 0 bridgehead atoms. The van der Waals surface area contributed by atoms with E-state index in [0.717, 1.165) is 0 Å². The predicted octanol–water partition coefficient (Wildman–Crippen LogP) is 2.94. The number of oxazole rings is 1. The first-order valence-electron chi connectivity index (χ1n) is 5.34. The van der Waals surface area contributed by atoms with Crippen molar-refractivity contribution in [2.45, 2.75) is 25.8 Å². The third-order valence-electron chi connectivity index (χ3n) is 2.64. The number of carbonyl (C=O) groups excluding carboxylic acids is 1. The maximum absolute atomic E-state index is 11.6. The molecule has 0 saturated carbocycles. The van der Waals surface area contributed by atoms with E-state index in [9.17, 15) is 9.59 Å². The standard InChI is InChI=1S/C12H12ClNO3/c1-3-11(13)14-9-5-4-8(7(2)15)6-10(9)17-12(14)16/h4-6,11H,3H2,1-2H3. The summed E-state index contributed by atoms with van der Waals surface area (Å²) in [6.07, 6.45) is 0.616. The van der Waals surface area contributed by atoms with Crippen molar-refractivity contribution in [1.29, 1.82) is 0 Å². The lowest BCUT2D eigenvalue weighted by molar-refractivity contribution is 0.101. The summed E-state index contributed by atoms with van der Waals surface area (Å²) in [6.45, 7) is 3.35. The molecule has 0 N–H and O–H groups in total. The molecule has 2 rings (SSSR count). The van der Waals surface area contributed by atoms with E-state index in [2.05, 4.69) is 0 Å². The zero-order valence-electron chi connectivity index (χ0n) is 9.57. The lowest BCUT2D eigenvalue weighted by atomic mass is 10.1. The minimum atomic E-state index is -0.498. The number of hydrogen-bond donors (Lipinski definition) is 0. The Morgan fingerprint density at radius 1 is 1.53 bits per heavy atom. The maximum atomic E-state index is 11.6.